The summed E-state index contributed by atoms with van der Waals surface area (Å²) < 4.78 is 24.4. The van der Waals surface area contributed by atoms with Gasteiger partial charge in [-0.05, 0) is 74.8 Å². The molecule has 1 aliphatic heterocycles. The van der Waals surface area contributed by atoms with Gasteiger partial charge in [0.25, 0.3) is 5.91 Å². The van der Waals surface area contributed by atoms with E-state index in [9.17, 15) is 19.1 Å². The maximum atomic E-state index is 14.5. The number of piperidine rings is 1. The Bertz CT molecular complexity index is 1810. The van der Waals surface area contributed by atoms with E-state index in [0.29, 0.717) is 34.2 Å². The number of aryl methyl sites for hydroxylation is 1. The number of alkyl halides is 1. The summed E-state index contributed by atoms with van der Waals surface area (Å²) in [5.74, 6) is 1.48. The number of aliphatic hydroxyl groups is 1. The molecule has 3 aromatic heterocycles. The van der Waals surface area contributed by atoms with Gasteiger partial charge in [0.2, 0.25) is 0 Å². The average Bonchev–Trinajstić information content (AvgIpc) is 3.63. The minimum absolute atomic E-state index is 0.0192. The summed E-state index contributed by atoms with van der Waals surface area (Å²) in [5, 5.41) is 23.8. The summed E-state index contributed by atoms with van der Waals surface area (Å²) in [6.07, 6.45) is 2.86. The number of imidazole rings is 1. The third-order valence-corrected chi connectivity index (χ3v) is 9.94. The smallest absolute Gasteiger partial charge is 0.404 e. The highest BCUT2D eigenvalue weighted by atomic mass is 19.1. The first kappa shape index (κ1) is 29.5. The number of benzene rings is 1. The van der Waals surface area contributed by atoms with Crippen LogP contribution in [0.2, 0.25) is 0 Å². The van der Waals surface area contributed by atoms with E-state index >= 15 is 0 Å². The lowest BCUT2D eigenvalue weighted by molar-refractivity contribution is -0.0432. The number of nitrogens with zero attached hydrogens (tertiary/aromatic N) is 5. The zero-order valence-electron chi connectivity index (χ0n) is 25.8. The van der Waals surface area contributed by atoms with Crippen molar-refractivity contribution < 1.29 is 28.9 Å². The number of rotatable bonds is 8. The molecule has 2 amide bonds. The van der Waals surface area contributed by atoms with Crippen molar-refractivity contribution in [3.63, 3.8) is 0 Å². The SMILES string of the molecule is COc1cc(C(=O)N2C[C@H](F)C[C@@H](NC(=O)O)C2)cc2nc(-c3cc4ccc(C(C)(O)C5CCC5)nc4n3CC3CC3)n(C)c12. The predicted octanol–water partition coefficient (Wildman–Crippen LogP) is 4.84. The van der Waals surface area contributed by atoms with Gasteiger partial charge in [0.05, 0.1) is 36.6 Å². The maximum absolute atomic E-state index is 14.5. The second kappa shape index (κ2) is 11.0. The molecule has 45 heavy (non-hydrogen) atoms. The number of fused-ring (bicyclic) bond motifs is 2. The van der Waals surface area contributed by atoms with E-state index < -0.39 is 29.8 Å². The van der Waals surface area contributed by atoms with Crippen LogP contribution in [0.15, 0.2) is 30.3 Å². The number of ether oxygens (including phenoxy) is 1. The Morgan fingerprint density at radius 3 is 2.58 bits per heavy atom. The van der Waals surface area contributed by atoms with Crippen LogP contribution in [0.25, 0.3) is 33.6 Å². The largest absolute Gasteiger partial charge is 0.494 e. The number of carbonyl (C=O) groups excluding carboxylic acids is 1. The molecule has 0 spiro atoms. The Balaban J connectivity index is 1.29. The Kier molecular flexibility index (Phi) is 7.22. The number of carboxylic acid groups (broad SMARTS) is 1. The predicted molar refractivity (Wildman–Crippen MR) is 166 cm³/mol. The fourth-order valence-electron chi connectivity index (χ4n) is 7.00. The van der Waals surface area contributed by atoms with Crippen molar-refractivity contribution in [1.82, 2.24) is 29.3 Å². The number of pyridine rings is 1. The molecular weight excluding hydrogens is 579 g/mol. The third kappa shape index (κ3) is 5.28. The standard InChI is InChI=1S/C33H39FN6O5/c1-33(44,21-5-4-6-21)27-10-9-19-12-25(40(29(19)37-27)15-18-7-8-18)30-36-24-11-20(13-26(45-3)28(24)38(30)2)31(41)39-16-22(34)14-23(17-39)35-32(42)43/h9-13,18,21-23,35,44H,4-8,14-17H2,1-3H3,(H,42,43)/t22-,23-,33?/m1/s1. The number of likely N-dealkylation sites (tertiary alicyclic amines) is 1. The van der Waals surface area contributed by atoms with E-state index in [2.05, 4.69) is 16.0 Å². The summed E-state index contributed by atoms with van der Waals surface area (Å²) in [5.41, 5.74) is 2.95. The van der Waals surface area contributed by atoms with Crippen molar-refractivity contribution in [3.8, 4) is 17.3 Å². The molecule has 1 unspecified atom stereocenters. The molecule has 4 aromatic rings. The first-order valence-corrected chi connectivity index (χ1v) is 15.7. The molecule has 2 saturated carbocycles. The molecule has 7 rings (SSSR count). The van der Waals surface area contributed by atoms with Crippen molar-refractivity contribution in [2.24, 2.45) is 18.9 Å². The molecule has 4 heterocycles. The normalized spacial score (nSPS) is 21.9. The summed E-state index contributed by atoms with van der Waals surface area (Å²) in [6, 6.07) is 8.67. The second-order valence-corrected chi connectivity index (χ2v) is 13.2. The van der Waals surface area contributed by atoms with Gasteiger partial charge < -0.3 is 34.3 Å². The molecular formula is C33H39FN6O5. The molecule has 1 aromatic carbocycles. The molecule has 0 radical (unpaired) electrons. The Morgan fingerprint density at radius 2 is 1.91 bits per heavy atom. The van der Waals surface area contributed by atoms with Gasteiger partial charge in [-0.15, -0.1) is 0 Å². The van der Waals surface area contributed by atoms with Crippen LogP contribution in [0, 0.1) is 11.8 Å². The van der Waals surface area contributed by atoms with Crippen LogP contribution in [0.5, 0.6) is 5.75 Å². The Hall–Kier alpha value is -4.19. The highest BCUT2D eigenvalue weighted by Gasteiger charge is 2.39. The lowest BCUT2D eigenvalue weighted by atomic mass is 9.72. The number of hydrogen-bond donors (Lipinski definition) is 3. The minimum Gasteiger partial charge on any atom is -0.494 e. The van der Waals surface area contributed by atoms with Crippen LogP contribution in [-0.4, -0.2) is 78.6 Å². The first-order valence-electron chi connectivity index (χ1n) is 15.7. The van der Waals surface area contributed by atoms with E-state index in [1.165, 1.54) is 12.0 Å². The van der Waals surface area contributed by atoms with E-state index in [-0.39, 0.29) is 31.0 Å². The van der Waals surface area contributed by atoms with Gasteiger partial charge in [0.15, 0.2) is 5.82 Å². The lowest BCUT2D eigenvalue weighted by Gasteiger charge is -2.38. The van der Waals surface area contributed by atoms with Gasteiger partial charge in [-0.1, -0.05) is 6.42 Å². The highest BCUT2D eigenvalue weighted by molar-refractivity contribution is 6.00. The van der Waals surface area contributed by atoms with Crippen LogP contribution < -0.4 is 10.1 Å². The molecule has 3 aliphatic rings. The number of halogens is 1. The van der Waals surface area contributed by atoms with Gasteiger partial charge in [0.1, 0.15) is 28.7 Å². The van der Waals surface area contributed by atoms with Crippen molar-refractivity contribution in [2.75, 3.05) is 20.2 Å². The zero-order chi connectivity index (χ0) is 31.6. The zero-order valence-corrected chi connectivity index (χ0v) is 25.8. The molecule has 238 valence electrons. The van der Waals surface area contributed by atoms with Crippen LogP contribution in [0.1, 0.15) is 61.5 Å². The van der Waals surface area contributed by atoms with Crippen molar-refractivity contribution >= 4 is 34.1 Å². The second-order valence-electron chi connectivity index (χ2n) is 13.2. The fourth-order valence-corrected chi connectivity index (χ4v) is 7.00. The molecule has 12 heteroatoms. The molecule has 1 saturated heterocycles. The summed E-state index contributed by atoms with van der Waals surface area (Å²) in [7, 11) is 3.44. The number of amides is 2. The summed E-state index contributed by atoms with van der Waals surface area (Å²) in [4.78, 5) is 36.2. The third-order valence-electron chi connectivity index (χ3n) is 9.94. The van der Waals surface area contributed by atoms with E-state index in [0.717, 1.165) is 55.4 Å². The van der Waals surface area contributed by atoms with Gasteiger partial charge in [0, 0.05) is 37.5 Å². The minimum atomic E-state index is -1.34. The Labute approximate surface area is 260 Å². The fraction of sp³-hybridized carbons (Fsp3) is 0.515. The summed E-state index contributed by atoms with van der Waals surface area (Å²) >= 11 is 0. The quantitative estimate of drug-likeness (QED) is 0.257. The van der Waals surface area contributed by atoms with Gasteiger partial charge in [-0.3, -0.25) is 4.79 Å². The van der Waals surface area contributed by atoms with Gasteiger partial charge in [-0.25, -0.2) is 19.2 Å². The topological polar surface area (TPSA) is 135 Å². The first-order chi connectivity index (χ1) is 21.5. The lowest BCUT2D eigenvalue weighted by Crippen LogP contribution is -2.53. The van der Waals surface area contributed by atoms with Crippen LogP contribution in [-0.2, 0) is 19.2 Å². The molecule has 0 bridgehead atoms. The van der Waals surface area contributed by atoms with Crippen molar-refractivity contribution in [1.29, 1.82) is 0 Å². The van der Waals surface area contributed by atoms with Crippen molar-refractivity contribution in [3.05, 3.63) is 41.6 Å². The van der Waals surface area contributed by atoms with Crippen molar-refractivity contribution in [2.45, 2.75) is 69.8 Å². The van der Waals surface area contributed by atoms with E-state index in [1.807, 2.05) is 30.7 Å². The van der Waals surface area contributed by atoms with Crippen LogP contribution in [0.3, 0.4) is 0 Å². The number of nitrogens with one attached hydrogen (secondary N) is 1. The number of methoxy groups -OCH3 is 1. The molecule has 2 aliphatic carbocycles. The van der Waals surface area contributed by atoms with E-state index in [4.69, 9.17) is 19.8 Å². The van der Waals surface area contributed by atoms with Gasteiger partial charge in [-0.2, -0.15) is 0 Å². The summed E-state index contributed by atoms with van der Waals surface area (Å²) in [6.45, 7) is 2.62. The molecule has 3 N–H and O–H groups in total. The maximum Gasteiger partial charge on any atom is 0.404 e. The molecule has 11 nitrogen and oxygen atoms in total. The van der Waals surface area contributed by atoms with Crippen LogP contribution in [0.4, 0.5) is 9.18 Å². The monoisotopic (exact) mass is 618 g/mol. The number of hydrogen-bond acceptors (Lipinski definition) is 6. The molecule has 3 atom stereocenters. The average molecular weight is 619 g/mol. The van der Waals surface area contributed by atoms with Gasteiger partial charge >= 0.3 is 6.09 Å². The number of aromatic nitrogens is 4. The highest BCUT2D eigenvalue weighted by Crippen LogP contribution is 2.43. The number of carbonyl (C=O) groups is 2. The van der Waals surface area contributed by atoms with Crippen LogP contribution >= 0.6 is 0 Å². The Morgan fingerprint density at radius 1 is 1.13 bits per heavy atom. The molecule has 3 fully saturated rings. The van der Waals surface area contributed by atoms with E-state index in [1.54, 1.807) is 12.1 Å².